The Balaban J connectivity index is 0. The van der Waals surface area contributed by atoms with E-state index in [1.54, 1.807) is 0 Å². The van der Waals surface area contributed by atoms with E-state index in [0.29, 0.717) is 12.4 Å². The molecule has 0 saturated carbocycles. The van der Waals surface area contributed by atoms with Crippen LogP contribution in [0.1, 0.15) is 84.8 Å². The third-order valence-electron chi connectivity index (χ3n) is 3.94. The number of aliphatic imine (C=N–C) groups is 2. The van der Waals surface area contributed by atoms with Gasteiger partial charge in [0.15, 0.2) is 0 Å². The van der Waals surface area contributed by atoms with Gasteiger partial charge >= 0.3 is 0 Å². The van der Waals surface area contributed by atoms with Crippen LogP contribution < -0.4 is 5.73 Å². The molecule has 0 bridgehead atoms. The minimum absolute atomic E-state index is 0. The summed E-state index contributed by atoms with van der Waals surface area (Å²) in [5.74, 6) is 0.534. The quantitative estimate of drug-likeness (QED) is 0.314. The van der Waals surface area contributed by atoms with Crippen LogP contribution in [0.2, 0.25) is 0 Å². The van der Waals surface area contributed by atoms with Crippen LogP contribution in [0.3, 0.4) is 0 Å². The van der Waals surface area contributed by atoms with Crippen molar-refractivity contribution in [1.29, 1.82) is 0 Å². The zero-order chi connectivity index (χ0) is 19.8. The van der Waals surface area contributed by atoms with Crippen molar-refractivity contribution in [3.05, 3.63) is 47.3 Å². The summed E-state index contributed by atoms with van der Waals surface area (Å²) in [7, 11) is 0. The number of benzene rings is 1. The van der Waals surface area contributed by atoms with Gasteiger partial charge in [0.25, 0.3) is 0 Å². The van der Waals surface area contributed by atoms with Crippen LogP contribution in [0.4, 0.5) is 0 Å². The van der Waals surface area contributed by atoms with Gasteiger partial charge in [-0.2, -0.15) is 0 Å². The Kier molecular flexibility index (Phi) is 19.4. The molecule has 2 rings (SSSR count). The van der Waals surface area contributed by atoms with Crippen LogP contribution in [-0.2, 0) is 6.42 Å². The number of rotatable bonds is 6. The van der Waals surface area contributed by atoms with Crippen LogP contribution in [0.5, 0.6) is 0 Å². The minimum atomic E-state index is 0. The van der Waals surface area contributed by atoms with Crippen molar-refractivity contribution >= 4 is 11.4 Å². The number of unbranched alkanes of at least 4 members (excludes halogenated alkanes) is 4. The summed E-state index contributed by atoms with van der Waals surface area (Å²) in [6, 6.07) is 9.40. The fourth-order valence-corrected chi connectivity index (χ4v) is 2.42. The molecule has 150 valence electrons. The fraction of sp³-hybridized carbons (Fsp3) is 0.565. The van der Waals surface area contributed by atoms with Gasteiger partial charge in [0, 0.05) is 42.5 Å². The van der Waals surface area contributed by atoms with E-state index in [2.05, 4.69) is 42.9 Å². The van der Waals surface area contributed by atoms with Crippen molar-refractivity contribution in [2.75, 3.05) is 6.54 Å². The van der Waals surface area contributed by atoms with E-state index in [-0.39, 0.29) is 31.1 Å². The summed E-state index contributed by atoms with van der Waals surface area (Å²) in [5, 5.41) is 0. The number of hydrogen-bond donors (Lipinski definition) is 1. The Morgan fingerprint density at radius 3 is 2.15 bits per heavy atom. The summed E-state index contributed by atoms with van der Waals surface area (Å²) in [6.45, 7) is 13.1. The third kappa shape index (κ3) is 12.3. The maximum Gasteiger partial charge on any atom is 0.120 e. The summed E-state index contributed by atoms with van der Waals surface area (Å²) < 4.78 is 0. The molecule has 27 heavy (non-hydrogen) atoms. The Morgan fingerprint density at radius 2 is 1.67 bits per heavy atom. The van der Waals surface area contributed by atoms with Crippen LogP contribution in [0.25, 0.3) is 0 Å². The molecule has 0 aliphatic carbocycles. The van der Waals surface area contributed by atoms with Crippen LogP contribution in [0, 0.1) is 37.2 Å². The van der Waals surface area contributed by atoms with E-state index in [1.165, 1.54) is 37.7 Å². The molecule has 0 unspecified atom stereocenters. The second-order valence-corrected chi connectivity index (χ2v) is 6.04. The molecule has 0 amide bonds. The summed E-state index contributed by atoms with van der Waals surface area (Å²) in [4.78, 5) is 8.76. The van der Waals surface area contributed by atoms with Gasteiger partial charge in [0.05, 0.1) is 6.54 Å². The largest absolute Gasteiger partial charge is 0.384 e. The second kappa shape index (κ2) is 18.5. The first-order valence-electron chi connectivity index (χ1n) is 10.2. The standard InChI is InChI=1S/C14H16N3.C7H16.C2H6.U/c1-3-11-4-6-12(7-5-11)14-10(2)17-13(15)8-9-16-14;1-3-5-7-6-4-2;1-2;/h4-6,8H,3,9,15H2,1-2H3;3-7H2,1-2H3;1-2H3;/q-1;;;. The molecule has 1 aliphatic heterocycles. The number of nitrogens with two attached hydrogens (primary N) is 1. The zero-order valence-corrected chi connectivity index (χ0v) is 22.4. The van der Waals surface area contributed by atoms with Crippen LogP contribution >= 0.6 is 0 Å². The molecule has 0 aromatic heterocycles. The molecular formula is C23H38N3U-. The van der Waals surface area contributed by atoms with E-state index in [1.807, 2.05) is 39.0 Å². The van der Waals surface area contributed by atoms with Crippen molar-refractivity contribution in [3.63, 3.8) is 0 Å². The monoisotopic (exact) mass is 594 g/mol. The minimum Gasteiger partial charge on any atom is -0.384 e. The van der Waals surface area contributed by atoms with Crippen molar-refractivity contribution in [2.24, 2.45) is 15.7 Å². The normalized spacial score (nSPS) is 12.6. The number of hydrogen-bond acceptors (Lipinski definition) is 3. The zero-order valence-electron chi connectivity index (χ0n) is 18.2. The molecule has 2 N–H and O–H groups in total. The molecule has 3 nitrogen and oxygen atoms in total. The van der Waals surface area contributed by atoms with E-state index in [9.17, 15) is 0 Å². The molecule has 1 aliphatic rings. The van der Waals surface area contributed by atoms with Gasteiger partial charge in [-0.3, -0.25) is 0 Å². The first-order chi connectivity index (χ1) is 12.6. The fourth-order valence-electron chi connectivity index (χ4n) is 2.42. The van der Waals surface area contributed by atoms with Gasteiger partial charge in [-0.15, -0.1) is 35.4 Å². The van der Waals surface area contributed by atoms with Gasteiger partial charge < -0.3 is 10.7 Å². The van der Waals surface area contributed by atoms with E-state index in [0.717, 1.165) is 23.4 Å². The Labute approximate surface area is 191 Å². The van der Waals surface area contributed by atoms with Gasteiger partial charge in [-0.25, -0.2) is 4.99 Å². The molecule has 0 atom stereocenters. The predicted molar refractivity (Wildman–Crippen MR) is 117 cm³/mol. The van der Waals surface area contributed by atoms with E-state index >= 15 is 0 Å². The average molecular weight is 595 g/mol. The Morgan fingerprint density at radius 1 is 1.04 bits per heavy atom. The van der Waals surface area contributed by atoms with Crippen LogP contribution in [-0.4, -0.2) is 18.0 Å². The molecule has 0 saturated heterocycles. The van der Waals surface area contributed by atoms with E-state index in [4.69, 9.17) is 5.73 Å². The number of nitrogens with zero attached hydrogens (tertiary/aromatic N) is 2. The van der Waals surface area contributed by atoms with Crippen LogP contribution in [0.15, 0.2) is 40.1 Å². The Bertz CT molecular complexity index is 568. The summed E-state index contributed by atoms with van der Waals surface area (Å²) >= 11 is 0. The van der Waals surface area contributed by atoms with Gasteiger partial charge in [-0.1, -0.05) is 73.1 Å². The molecule has 0 radical (unpaired) electrons. The predicted octanol–water partition coefficient (Wildman–Crippen LogP) is 6.12. The van der Waals surface area contributed by atoms with Gasteiger partial charge in [0.1, 0.15) is 5.82 Å². The smallest absolute Gasteiger partial charge is 0.120 e. The van der Waals surface area contributed by atoms with Crippen molar-refractivity contribution in [1.82, 2.24) is 0 Å². The van der Waals surface area contributed by atoms with Gasteiger partial charge in [-0.05, 0) is 13.0 Å². The molecule has 4 heteroatoms. The summed E-state index contributed by atoms with van der Waals surface area (Å²) in [5.41, 5.74) is 9.68. The molecule has 1 aromatic rings. The molecule has 0 fully saturated rings. The van der Waals surface area contributed by atoms with Crippen molar-refractivity contribution in [2.45, 2.75) is 80.1 Å². The number of aryl methyl sites for hydroxylation is 1. The van der Waals surface area contributed by atoms with Gasteiger partial charge in [0.2, 0.25) is 0 Å². The topological polar surface area (TPSA) is 50.7 Å². The van der Waals surface area contributed by atoms with Crippen molar-refractivity contribution < 1.29 is 31.1 Å². The third-order valence-corrected chi connectivity index (χ3v) is 3.94. The average Bonchev–Trinajstić information content (AvgIpc) is 2.84. The summed E-state index contributed by atoms with van der Waals surface area (Å²) in [6.07, 6.45) is 9.84. The molecule has 1 heterocycles. The first-order valence-corrected chi connectivity index (χ1v) is 10.2. The Hall–Kier alpha value is -0.848. The molecule has 1 aromatic carbocycles. The molecular weight excluding hydrogens is 556 g/mol. The second-order valence-electron chi connectivity index (χ2n) is 6.04. The SMILES string of the molecule is CC.CCCCCCC.CCc1c[c-]c(C2=NCC=C(N)N=C2C)cc1.[U]. The maximum atomic E-state index is 5.70. The maximum absolute atomic E-state index is 5.70. The first kappa shape index (κ1) is 28.4. The van der Waals surface area contributed by atoms with E-state index < -0.39 is 0 Å². The molecule has 0 spiro atoms. The van der Waals surface area contributed by atoms with Crippen molar-refractivity contribution in [3.8, 4) is 0 Å².